The zero-order valence-corrected chi connectivity index (χ0v) is 19.2. The van der Waals surface area contributed by atoms with E-state index in [0.29, 0.717) is 17.3 Å². The van der Waals surface area contributed by atoms with Gasteiger partial charge in [0.05, 0.1) is 5.52 Å². The lowest BCUT2D eigenvalue weighted by atomic mass is 10.0. The molecule has 0 amide bonds. The highest BCUT2D eigenvalue weighted by Gasteiger charge is 2.23. The van der Waals surface area contributed by atoms with E-state index in [1.54, 1.807) is 30.5 Å². The summed E-state index contributed by atoms with van der Waals surface area (Å²) in [5, 5.41) is 4.40. The van der Waals surface area contributed by atoms with Crippen LogP contribution in [0.15, 0.2) is 71.8 Å². The second kappa shape index (κ2) is 7.35. The summed E-state index contributed by atoms with van der Waals surface area (Å²) in [7, 11) is -4.12. The van der Waals surface area contributed by atoms with E-state index >= 15 is 0 Å². The molecule has 0 atom stereocenters. The SMILES string of the molecule is O=S(=O)(Oc1cccc2c1=CN1CC=c3cc4c(cc3=C1C=2)OCO4)c1cccc2cccnc12. The Bertz CT molecular complexity index is 1910. The van der Waals surface area contributed by atoms with Gasteiger partial charge in [-0.1, -0.05) is 36.4 Å². The summed E-state index contributed by atoms with van der Waals surface area (Å²) in [4.78, 5) is 6.38. The maximum Gasteiger partial charge on any atom is 0.341 e. The fourth-order valence-corrected chi connectivity index (χ4v) is 5.85. The van der Waals surface area contributed by atoms with Gasteiger partial charge in [0.25, 0.3) is 0 Å². The monoisotopic (exact) mass is 482 g/mol. The van der Waals surface area contributed by atoms with Gasteiger partial charge in [-0.25, -0.2) is 0 Å². The fourth-order valence-electron chi connectivity index (χ4n) is 4.72. The fraction of sp³-hybridized carbons (Fsp3) is 0.0741. The maximum absolute atomic E-state index is 13.3. The van der Waals surface area contributed by atoms with Crippen LogP contribution in [-0.2, 0) is 10.1 Å². The third-order valence-corrected chi connectivity index (χ3v) is 7.65. The quantitative estimate of drug-likeness (QED) is 0.406. The van der Waals surface area contributed by atoms with Crippen LogP contribution in [0.2, 0.25) is 0 Å². The van der Waals surface area contributed by atoms with Crippen LogP contribution in [0.3, 0.4) is 0 Å². The number of aromatic nitrogens is 1. The average molecular weight is 483 g/mol. The molecule has 0 saturated carbocycles. The smallest absolute Gasteiger partial charge is 0.341 e. The summed E-state index contributed by atoms with van der Waals surface area (Å²) in [5.41, 5.74) is 1.39. The highest BCUT2D eigenvalue weighted by atomic mass is 32.2. The van der Waals surface area contributed by atoms with Gasteiger partial charge in [0.1, 0.15) is 4.90 Å². The first kappa shape index (κ1) is 20.1. The molecule has 0 fully saturated rings. The molecule has 3 aliphatic rings. The Morgan fingerprint density at radius 3 is 2.69 bits per heavy atom. The van der Waals surface area contributed by atoms with Gasteiger partial charge in [0, 0.05) is 40.5 Å². The van der Waals surface area contributed by atoms with Crippen LogP contribution in [0.25, 0.3) is 35.0 Å². The molecule has 0 spiro atoms. The van der Waals surface area contributed by atoms with Crippen molar-refractivity contribution in [1.29, 1.82) is 0 Å². The van der Waals surface area contributed by atoms with Gasteiger partial charge < -0.3 is 18.6 Å². The standard InChI is InChI=1S/C27H18N2O5S/c30-35(31,26-8-2-4-17-6-3-10-28-27(17)26)34-23-7-1-5-18-12-22-20-14-25-24(32-16-33-25)13-19(20)9-11-29(22)15-21(18)23/h1-10,12-15H,11,16H2. The highest BCUT2D eigenvalue weighted by molar-refractivity contribution is 7.87. The predicted molar refractivity (Wildman–Crippen MR) is 131 cm³/mol. The molecule has 3 aromatic carbocycles. The van der Waals surface area contributed by atoms with Crippen molar-refractivity contribution in [2.75, 3.05) is 13.3 Å². The summed E-state index contributed by atoms with van der Waals surface area (Å²) in [5.74, 6) is 1.73. The largest absolute Gasteiger partial charge is 0.454 e. The summed E-state index contributed by atoms with van der Waals surface area (Å²) in [6.07, 6.45) is 7.66. The molecule has 7 nitrogen and oxygen atoms in total. The lowest BCUT2D eigenvalue weighted by Crippen LogP contribution is -2.43. The van der Waals surface area contributed by atoms with Crippen molar-refractivity contribution >= 4 is 45.1 Å². The van der Waals surface area contributed by atoms with E-state index in [1.165, 1.54) is 6.07 Å². The molecule has 0 aliphatic carbocycles. The zero-order valence-electron chi connectivity index (χ0n) is 18.3. The number of fused-ring (bicyclic) bond motifs is 5. The first-order valence-electron chi connectivity index (χ1n) is 11.1. The van der Waals surface area contributed by atoms with Crippen molar-refractivity contribution in [3.63, 3.8) is 0 Å². The predicted octanol–water partition coefficient (Wildman–Crippen LogP) is 1.17. The molecule has 172 valence electrons. The van der Waals surface area contributed by atoms with Gasteiger partial charge in [-0.2, -0.15) is 8.42 Å². The summed E-state index contributed by atoms with van der Waals surface area (Å²) in [6.45, 7) is 0.851. The molecule has 7 rings (SSSR count). The average Bonchev–Trinajstić information content (AvgIpc) is 3.33. The third-order valence-electron chi connectivity index (χ3n) is 6.38. The normalized spacial score (nSPS) is 15.3. The first-order chi connectivity index (χ1) is 17.1. The van der Waals surface area contributed by atoms with Crippen LogP contribution >= 0.6 is 0 Å². The van der Waals surface area contributed by atoms with Gasteiger partial charge in [0.2, 0.25) is 6.79 Å². The number of benzene rings is 3. The summed E-state index contributed by atoms with van der Waals surface area (Å²) >= 11 is 0. The number of hydrogen-bond donors (Lipinski definition) is 0. The van der Waals surface area contributed by atoms with E-state index in [2.05, 4.69) is 16.0 Å². The van der Waals surface area contributed by atoms with E-state index in [-0.39, 0.29) is 17.4 Å². The Morgan fingerprint density at radius 1 is 0.943 bits per heavy atom. The van der Waals surface area contributed by atoms with Crippen LogP contribution < -0.4 is 34.5 Å². The minimum absolute atomic E-state index is 0.0385. The second-order valence-electron chi connectivity index (χ2n) is 8.44. The van der Waals surface area contributed by atoms with E-state index < -0.39 is 10.1 Å². The van der Waals surface area contributed by atoms with Gasteiger partial charge in [-0.3, -0.25) is 4.98 Å². The molecular formula is C27H18N2O5S. The summed E-state index contributed by atoms with van der Waals surface area (Å²) < 4.78 is 43.4. The van der Waals surface area contributed by atoms with Crippen molar-refractivity contribution < 1.29 is 22.1 Å². The Morgan fingerprint density at radius 2 is 1.77 bits per heavy atom. The number of ether oxygens (including phenoxy) is 2. The third kappa shape index (κ3) is 3.18. The van der Waals surface area contributed by atoms with Gasteiger partial charge in [-0.05, 0) is 46.8 Å². The molecule has 8 heteroatoms. The van der Waals surface area contributed by atoms with E-state index in [9.17, 15) is 8.42 Å². The minimum Gasteiger partial charge on any atom is -0.454 e. The van der Waals surface area contributed by atoms with E-state index in [1.807, 2.05) is 42.6 Å². The minimum atomic E-state index is -4.12. The van der Waals surface area contributed by atoms with Crippen LogP contribution in [0, 0.1) is 0 Å². The Kier molecular flexibility index (Phi) is 4.22. The molecular weight excluding hydrogens is 464 g/mol. The molecule has 0 bridgehead atoms. The number of hydrogen-bond acceptors (Lipinski definition) is 7. The number of pyridine rings is 1. The molecule has 0 unspecified atom stereocenters. The van der Waals surface area contributed by atoms with Crippen LogP contribution in [0.1, 0.15) is 0 Å². The van der Waals surface area contributed by atoms with Crippen LogP contribution in [-0.4, -0.2) is 31.6 Å². The van der Waals surface area contributed by atoms with Crippen molar-refractivity contribution in [2.45, 2.75) is 4.90 Å². The number of para-hydroxylation sites is 1. The van der Waals surface area contributed by atoms with Crippen molar-refractivity contribution in [3.05, 3.63) is 87.7 Å². The summed E-state index contributed by atoms with van der Waals surface area (Å²) in [6, 6.07) is 18.0. The molecule has 0 saturated heterocycles. The topological polar surface area (TPSA) is 78.0 Å². The second-order valence-corrected chi connectivity index (χ2v) is 9.95. The number of nitrogens with zero attached hydrogens (tertiary/aromatic N) is 2. The van der Waals surface area contributed by atoms with E-state index in [4.69, 9.17) is 13.7 Å². The van der Waals surface area contributed by atoms with Gasteiger partial charge in [0.15, 0.2) is 17.2 Å². The van der Waals surface area contributed by atoms with Crippen molar-refractivity contribution in [2.24, 2.45) is 0 Å². The lowest BCUT2D eigenvalue weighted by Gasteiger charge is -2.26. The van der Waals surface area contributed by atoms with Crippen LogP contribution in [0.4, 0.5) is 0 Å². The van der Waals surface area contributed by atoms with Crippen LogP contribution in [0.5, 0.6) is 17.2 Å². The maximum atomic E-state index is 13.3. The van der Waals surface area contributed by atoms with Crippen molar-refractivity contribution in [1.82, 2.24) is 9.88 Å². The molecule has 4 aromatic rings. The molecule has 4 heterocycles. The Balaban J connectivity index is 1.37. The molecule has 0 radical (unpaired) electrons. The Hall–Kier alpha value is -4.30. The number of rotatable bonds is 3. The van der Waals surface area contributed by atoms with Gasteiger partial charge in [-0.15, -0.1) is 0 Å². The molecule has 1 aromatic heterocycles. The van der Waals surface area contributed by atoms with E-state index in [0.717, 1.165) is 38.2 Å². The molecule has 0 N–H and O–H groups in total. The van der Waals surface area contributed by atoms with Crippen molar-refractivity contribution in [3.8, 4) is 17.2 Å². The lowest BCUT2D eigenvalue weighted by molar-refractivity contribution is 0.174. The Labute approximate surface area is 200 Å². The molecule has 3 aliphatic heterocycles. The first-order valence-corrected chi connectivity index (χ1v) is 12.5. The molecule has 35 heavy (non-hydrogen) atoms. The van der Waals surface area contributed by atoms with Gasteiger partial charge >= 0.3 is 10.1 Å². The highest BCUT2D eigenvalue weighted by Crippen LogP contribution is 2.29. The zero-order chi connectivity index (χ0) is 23.6.